The lowest BCUT2D eigenvalue weighted by molar-refractivity contribution is 0.0657. The highest BCUT2D eigenvalue weighted by atomic mass is 28.3. The predicted molar refractivity (Wildman–Crippen MR) is 101 cm³/mol. The van der Waals surface area contributed by atoms with E-state index in [2.05, 4.69) is 29.9 Å². The minimum absolute atomic E-state index is 0.0484. The molecule has 0 aliphatic carbocycles. The lowest BCUT2D eigenvalue weighted by Gasteiger charge is -2.17. The number of carboxylic acid groups (broad SMARTS) is 2. The summed E-state index contributed by atoms with van der Waals surface area (Å²) in [5, 5.41) is 22.4. The maximum absolute atomic E-state index is 14.6. The standard InChI is InChI=1S/C18H17FN2O5Si/c1-27(2,3)9-4-5-13(12(19)6-9)21-14-10-7-20-8-11(17(22)23)15(10)26-16(14)18(24)25/h4-8,21H,1-3H3,(H,22,23)(H,24,25). The molecule has 140 valence electrons. The number of hydrogen-bond donors (Lipinski definition) is 3. The van der Waals surface area contributed by atoms with Gasteiger partial charge < -0.3 is 19.9 Å². The molecule has 0 radical (unpaired) electrons. The van der Waals surface area contributed by atoms with Gasteiger partial charge in [-0.2, -0.15) is 0 Å². The molecule has 3 rings (SSSR count). The van der Waals surface area contributed by atoms with Crippen LogP contribution in [0.15, 0.2) is 35.0 Å². The molecule has 3 aromatic rings. The van der Waals surface area contributed by atoms with E-state index in [-0.39, 0.29) is 27.9 Å². The number of aromatic carboxylic acids is 2. The van der Waals surface area contributed by atoms with Gasteiger partial charge in [-0.05, 0) is 12.1 Å². The molecule has 0 aliphatic rings. The summed E-state index contributed by atoms with van der Waals surface area (Å²) >= 11 is 0. The van der Waals surface area contributed by atoms with Crippen LogP contribution in [-0.4, -0.2) is 35.2 Å². The summed E-state index contributed by atoms with van der Waals surface area (Å²) in [6.07, 6.45) is 2.33. The Kier molecular flexibility index (Phi) is 4.48. The van der Waals surface area contributed by atoms with Gasteiger partial charge in [-0.15, -0.1) is 0 Å². The number of carbonyl (C=O) groups is 2. The molecule has 2 heterocycles. The maximum atomic E-state index is 14.6. The van der Waals surface area contributed by atoms with Crippen molar-refractivity contribution in [3.63, 3.8) is 0 Å². The van der Waals surface area contributed by atoms with Crippen LogP contribution in [0.5, 0.6) is 0 Å². The molecule has 0 unspecified atom stereocenters. The van der Waals surface area contributed by atoms with Crippen molar-refractivity contribution in [2.24, 2.45) is 0 Å². The number of nitrogens with one attached hydrogen (secondary N) is 1. The first-order valence-corrected chi connectivity index (χ1v) is 11.5. The first-order chi connectivity index (χ1) is 12.6. The number of carboxylic acids is 2. The highest BCUT2D eigenvalue weighted by molar-refractivity contribution is 6.88. The molecule has 0 spiro atoms. The van der Waals surface area contributed by atoms with Crippen LogP contribution in [0.3, 0.4) is 0 Å². The number of nitrogens with zero attached hydrogens (tertiary/aromatic N) is 1. The van der Waals surface area contributed by atoms with Gasteiger partial charge in [-0.25, -0.2) is 14.0 Å². The van der Waals surface area contributed by atoms with E-state index in [1.54, 1.807) is 6.07 Å². The number of benzene rings is 1. The predicted octanol–water partition coefficient (Wildman–Crippen LogP) is 3.65. The van der Waals surface area contributed by atoms with Crippen LogP contribution in [0.2, 0.25) is 19.6 Å². The van der Waals surface area contributed by atoms with Crippen molar-refractivity contribution in [3.05, 3.63) is 47.7 Å². The Hall–Kier alpha value is -3.20. The Bertz CT molecular complexity index is 1070. The van der Waals surface area contributed by atoms with E-state index in [1.807, 2.05) is 0 Å². The number of aromatic nitrogens is 1. The summed E-state index contributed by atoms with van der Waals surface area (Å²) in [4.78, 5) is 26.7. The summed E-state index contributed by atoms with van der Waals surface area (Å²) < 4.78 is 19.8. The highest BCUT2D eigenvalue weighted by Gasteiger charge is 2.25. The maximum Gasteiger partial charge on any atom is 0.374 e. The number of anilines is 2. The Morgan fingerprint density at radius 3 is 2.41 bits per heavy atom. The smallest absolute Gasteiger partial charge is 0.374 e. The second kappa shape index (κ2) is 6.51. The Morgan fingerprint density at radius 2 is 1.85 bits per heavy atom. The van der Waals surface area contributed by atoms with E-state index in [0.717, 1.165) is 11.4 Å². The fraction of sp³-hybridized carbons (Fsp3) is 0.167. The normalized spacial score (nSPS) is 11.6. The fourth-order valence-electron chi connectivity index (χ4n) is 2.66. The van der Waals surface area contributed by atoms with Crippen molar-refractivity contribution >= 4 is 47.5 Å². The molecule has 0 aliphatic heterocycles. The molecule has 9 heteroatoms. The molecular weight excluding hydrogens is 371 g/mol. The van der Waals surface area contributed by atoms with Crippen LogP contribution in [0.25, 0.3) is 11.0 Å². The van der Waals surface area contributed by atoms with Crippen LogP contribution < -0.4 is 10.5 Å². The molecule has 0 atom stereocenters. The fourth-order valence-corrected chi connectivity index (χ4v) is 3.80. The molecular formula is C18H17FN2O5Si. The molecule has 0 fully saturated rings. The van der Waals surface area contributed by atoms with E-state index in [0.29, 0.717) is 0 Å². The lowest BCUT2D eigenvalue weighted by atomic mass is 10.2. The van der Waals surface area contributed by atoms with Gasteiger partial charge in [0.1, 0.15) is 17.1 Å². The number of pyridine rings is 1. The Labute approximate surface area is 154 Å². The van der Waals surface area contributed by atoms with Crippen LogP contribution in [0, 0.1) is 5.82 Å². The third-order valence-corrected chi connectivity index (χ3v) is 6.16. The van der Waals surface area contributed by atoms with Gasteiger partial charge in [-0.3, -0.25) is 4.98 Å². The van der Waals surface area contributed by atoms with Crippen molar-refractivity contribution in [1.29, 1.82) is 0 Å². The molecule has 27 heavy (non-hydrogen) atoms. The third-order valence-electron chi connectivity index (χ3n) is 4.12. The Morgan fingerprint density at radius 1 is 1.15 bits per heavy atom. The summed E-state index contributed by atoms with van der Waals surface area (Å²) in [6.45, 7) is 6.25. The van der Waals surface area contributed by atoms with Gasteiger partial charge in [0.15, 0.2) is 5.58 Å². The van der Waals surface area contributed by atoms with E-state index in [9.17, 15) is 24.2 Å². The SMILES string of the molecule is C[Si](C)(C)c1ccc(Nc2c(C(=O)O)oc3c(C(=O)O)cncc23)c(F)c1. The van der Waals surface area contributed by atoms with Gasteiger partial charge in [-0.1, -0.05) is 30.9 Å². The van der Waals surface area contributed by atoms with Crippen molar-refractivity contribution in [3.8, 4) is 0 Å². The molecule has 0 bridgehead atoms. The number of furan rings is 1. The quantitative estimate of drug-likeness (QED) is 0.572. The molecule has 0 saturated carbocycles. The summed E-state index contributed by atoms with van der Waals surface area (Å²) in [5.41, 5.74) is -0.412. The third kappa shape index (κ3) is 3.41. The largest absolute Gasteiger partial charge is 0.477 e. The first-order valence-electron chi connectivity index (χ1n) is 8.03. The average Bonchev–Trinajstić information content (AvgIpc) is 2.94. The number of hydrogen-bond acceptors (Lipinski definition) is 5. The highest BCUT2D eigenvalue weighted by Crippen LogP contribution is 2.35. The van der Waals surface area contributed by atoms with Gasteiger partial charge in [0.2, 0.25) is 5.76 Å². The van der Waals surface area contributed by atoms with E-state index in [1.165, 1.54) is 18.3 Å². The second-order valence-electron chi connectivity index (χ2n) is 7.05. The van der Waals surface area contributed by atoms with Gasteiger partial charge >= 0.3 is 11.9 Å². The van der Waals surface area contributed by atoms with Crippen molar-refractivity contribution in [2.45, 2.75) is 19.6 Å². The second-order valence-corrected chi connectivity index (χ2v) is 12.1. The molecule has 3 N–H and O–H groups in total. The lowest BCUT2D eigenvalue weighted by Crippen LogP contribution is -2.37. The van der Waals surface area contributed by atoms with E-state index < -0.39 is 31.6 Å². The molecule has 0 saturated heterocycles. The zero-order valence-electron chi connectivity index (χ0n) is 14.8. The van der Waals surface area contributed by atoms with E-state index >= 15 is 0 Å². The van der Waals surface area contributed by atoms with Crippen molar-refractivity contribution in [2.75, 3.05) is 5.32 Å². The molecule has 0 amide bonds. The van der Waals surface area contributed by atoms with Crippen LogP contribution >= 0.6 is 0 Å². The van der Waals surface area contributed by atoms with Crippen molar-refractivity contribution < 1.29 is 28.6 Å². The van der Waals surface area contributed by atoms with Crippen LogP contribution in [0.4, 0.5) is 15.8 Å². The van der Waals surface area contributed by atoms with Gasteiger partial charge in [0.25, 0.3) is 0 Å². The minimum atomic E-state index is -1.71. The first kappa shape index (κ1) is 18.6. The average molecular weight is 388 g/mol. The van der Waals surface area contributed by atoms with Gasteiger partial charge in [0.05, 0.1) is 19.1 Å². The number of rotatable bonds is 5. The summed E-state index contributed by atoms with van der Waals surface area (Å²) in [7, 11) is -1.71. The zero-order chi connectivity index (χ0) is 19.9. The van der Waals surface area contributed by atoms with Crippen molar-refractivity contribution in [1.82, 2.24) is 4.98 Å². The summed E-state index contributed by atoms with van der Waals surface area (Å²) in [6, 6.07) is 4.75. The van der Waals surface area contributed by atoms with Crippen LogP contribution in [0.1, 0.15) is 20.9 Å². The molecule has 2 aromatic heterocycles. The molecule has 1 aromatic carbocycles. The monoisotopic (exact) mass is 388 g/mol. The van der Waals surface area contributed by atoms with E-state index in [4.69, 9.17) is 4.42 Å². The molecule has 7 nitrogen and oxygen atoms in total. The Balaban J connectivity index is 2.15. The minimum Gasteiger partial charge on any atom is -0.477 e. The number of halogens is 1. The van der Waals surface area contributed by atoms with Crippen LogP contribution in [-0.2, 0) is 0 Å². The topological polar surface area (TPSA) is 113 Å². The summed E-state index contributed by atoms with van der Waals surface area (Å²) in [5.74, 6) is -3.78. The zero-order valence-corrected chi connectivity index (χ0v) is 15.8. The van der Waals surface area contributed by atoms with Gasteiger partial charge in [0, 0.05) is 12.4 Å². The number of fused-ring (bicyclic) bond motifs is 1.